The van der Waals surface area contributed by atoms with E-state index in [1.165, 1.54) is 45.9 Å². The van der Waals surface area contributed by atoms with Crippen molar-refractivity contribution < 1.29 is 42.7 Å². The zero-order valence-corrected chi connectivity index (χ0v) is 32.3. The molecule has 14 nitrogen and oxygen atoms in total. The number of piperidine rings is 1. The molecular weight excluding hydrogens is 711 g/mol. The Morgan fingerprint density at radius 2 is 1.62 bits per heavy atom. The van der Waals surface area contributed by atoms with Crippen LogP contribution in [-0.2, 0) is 44.7 Å². The average molecular weight is 767 g/mol. The normalized spacial score (nSPS) is 28.6. The highest BCUT2D eigenvalue weighted by Gasteiger charge is 2.47. The van der Waals surface area contributed by atoms with Crippen LogP contribution in [0.5, 0.6) is 0 Å². The minimum Gasteiger partial charge on any atom is -0.458 e. The number of fused-ring (bicyclic) bond motifs is 3. The zero-order chi connectivity index (χ0) is 39.8. The van der Waals surface area contributed by atoms with E-state index in [1.807, 2.05) is 13.8 Å². The summed E-state index contributed by atoms with van der Waals surface area (Å²) >= 11 is 0. The second kappa shape index (κ2) is 18.7. The second-order valence-corrected chi connectivity index (χ2v) is 15.4. The van der Waals surface area contributed by atoms with E-state index in [1.54, 1.807) is 19.1 Å². The van der Waals surface area contributed by atoms with Gasteiger partial charge in [0.1, 0.15) is 48.2 Å². The van der Waals surface area contributed by atoms with Crippen molar-refractivity contribution >= 4 is 41.4 Å². The number of halogens is 1. The number of nitrogens with zero attached hydrogens (tertiary/aromatic N) is 3. The Labute approximate surface area is 321 Å². The Hall–Kier alpha value is -4.82. The molecule has 4 saturated heterocycles. The van der Waals surface area contributed by atoms with E-state index in [4.69, 9.17) is 4.74 Å². The Bertz CT molecular complexity index is 1650. The first-order valence-corrected chi connectivity index (χ1v) is 19.7. The Kier molecular flexibility index (Phi) is 14.0. The molecule has 4 aliphatic heterocycles. The highest BCUT2D eigenvalue weighted by molar-refractivity contribution is 5.98. The maximum atomic E-state index is 14.6. The number of benzene rings is 1. The van der Waals surface area contributed by atoms with E-state index in [-0.39, 0.29) is 32.0 Å². The van der Waals surface area contributed by atoms with Crippen molar-refractivity contribution in [3.05, 3.63) is 47.8 Å². The number of cyclic esters (lactones) is 1. The molecule has 0 spiro atoms. The molecule has 4 aliphatic rings. The molecule has 300 valence electrons. The molecular formula is C40H55FN6O8. The summed E-state index contributed by atoms with van der Waals surface area (Å²) in [5.74, 6) is -4.57. The molecule has 0 aliphatic carbocycles. The first-order chi connectivity index (χ1) is 26.3. The van der Waals surface area contributed by atoms with E-state index in [2.05, 4.69) is 16.0 Å². The quantitative estimate of drug-likeness (QED) is 0.195. The number of carbonyl (C=O) groups excluding carboxylic acids is 7. The number of amides is 6. The zero-order valence-electron chi connectivity index (χ0n) is 32.3. The Balaban J connectivity index is 1.49. The van der Waals surface area contributed by atoms with Crippen molar-refractivity contribution in [2.45, 2.75) is 134 Å². The molecule has 1 unspecified atom stereocenters. The summed E-state index contributed by atoms with van der Waals surface area (Å²) < 4.78 is 20.1. The monoisotopic (exact) mass is 766 g/mol. The lowest BCUT2D eigenvalue weighted by atomic mass is 9.91. The minimum atomic E-state index is -1.50. The van der Waals surface area contributed by atoms with E-state index < -0.39 is 89.6 Å². The molecule has 8 atom stereocenters. The molecule has 0 bridgehead atoms. The largest absolute Gasteiger partial charge is 0.458 e. The van der Waals surface area contributed by atoms with Crippen LogP contribution in [0.15, 0.2) is 36.4 Å². The first kappa shape index (κ1) is 41.3. The van der Waals surface area contributed by atoms with Gasteiger partial charge in [-0.3, -0.25) is 28.8 Å². The predicted octanol–water partition coefficient (Wildman–Crippen LogP) is 2.14. The van der Waals surface area contributed by atoms with E-state index in [0.29, 0.717) is 50.5 Å². The average Bonchev–Trinajstić information content (AvgIpc) is 3.85. The highest BCUT2D eigenvalue weighted by Crippen LogP contribution is 2.29. The number of ether oxygens (including phenoxy) is 1. The first-order valence-electron chi connectivity index (χ1n) is 19.7. The fraction of sp³-hybridized carbons (Fsp3) is 0.625. The van der Waals surface area contributed by atoms with Gasteiger partial charge in [0.25, 0.3) is 0 Å². The van der Waals surface area contributed by atoms with Gasteiger partial charge in [-0.05, 0) is 88.5 Å². The van der Waals surface area contributed by atoms with Gasteiger partial charge in [-0.1, -0.05) is 44.9 Å². The third-order valence-electron chi connectivity index (χ3n) is 11.1. The lowest BCUT2D eigenvalue weighted by molar-refractivity contribution is -0.163. The van der Waals surface area contributed by atoms with E-state index in [9.17, 15) is 38.0 Å². The van der Waals surface area contributed by atoms with Gasteiger partial charge in [0, 0.05) is 26.1 Å². The number of esters is 1. The topological polar surface area (TPSA) is 175 Å². The van der Waals surface area contributed by atoms with Crippen molar-refractivity contribution in [2.75, 3.05) is 19.6 Å². The van der Waals surface area contributed by atoms with Crippen molar-refractivity contribution in [1.82, 2.24) is 30.7 Å². The molecule has 15 heteroatoms. The van der Waals surface area contributed by atoms with Crippen molar-refractivity contribution in [1.29, 1.82) is 0 Å². The van der Waals surface area contributed by atoms with Gasteiger partial charge in [-0.15, -0.1) is 0 Å². The molecule has 1 aromatic rings. The van der Waals surface area contributed by atoms with Crippen LogP contribution in [0, 0.1) is 11.7 Å². The van der Waals surface area contributed by atoms with E-state index in [0.717, 1.165) is 12.8 Å². The van der Waals surface area contributed by atoms with Crippen molar-refractivity contribution in [3.8, 4) is 0 Å². The fourth-order valence-corrected chi connectivity index (χ4v) is 8.01. The van der Waals surface area contributed by atoms with Crippen LogP contribution in [0.25, 0.3) is 0 Å². The molecule has 0 aromatic heterocycles. The lowest BCUT2D eigenvalue weighted by Crippen LogP contribution is -2.63. The van der Waals surface area contributed by atoms with Gasteiger partial charge < -0.3 is 35.4 Å². The Morgan fingerprint density at radius 3 is 2.33 bits per heavy atom. The summed E-state index contributed by atoms with van der Waals surface area (Å²) in [7, 11) is 0. The van der Waals surface area contributed by atoms with Crippen LogP contribution < -0.4 is 16.0 Å². The third kappa shape index (κ3) is 10.1. The molecule has 5 rings (SSSR count). The number of unbranched alkanes of at least 4 members (excludes halogenated alkanes) is 2. The second-order valence-electron chi connectivity index (χ2n) is 15.4. The van der Waals surface area contributed by atoms with Gasteiger partial charge in [0.15, 0.2) is 0 Å². The van der Waals surface area contributed by atoms with Gasteiger partial charge >= 0.3 is 5.97 Å². The number of allylic oxidation sites excluding steroid dienone is 1. The minimum absolute atomic E-state index is 0.119. The molecule has 0 radical (unpaired) electrons. The number of rotatable bonds is 9. The molecule has 1 aromatic carbocycles. The maximum absolute atomic E-state index is 14.6. The van der Waals surface area contributed by atoms with E-state index >= 15 is 0 Å². The standard InChI is InChI=1S/C40H55FN6O8/c1-5-6-7-8-16-33(48)43-29(23-27-12-9-13-28(41)22-27)35(49)44-34-26(4)55-40(54)31-15-11-19-46(31)37(51)25(3)42-36(50)32-21-24(2)17-20-47(32)38(52)30-14-10-18-45(30)39(34)53/h8-9,12-13,16,22,24-26,29-32,34H,5-7,10-11,14-15,17-21,23H2,1-4H3,(H,42,50)(H,43,48)(H,44,49)/b16-8+/t24?,25-,26-,29-,30-,31-,32+,34-/m0/s1. The van der Waals surface area contributed by atoms with Crippen molar-refractivity contribution in [3.63, 3.8) is 0 Å². The summed E-state index contributed by atoms with van der Waals surface area (Å²) in [6.07, 6.45) is 6.71. The number of hydrogen-bond donors (Lipinski definition) is 3. The number of nitrogens with one attached hydrogen (secondary N) is 3. The molecule has 6 amide bonds. The lowest BCUT2D eigenvalue weighted by Gasteiger charge is -2.41. The molecule has 0 saturated carbocycles. The smallest absolute Gasteiger partial charge is 0.329 e. The van der Waals surface area contributed by atoms with Crippen LogP contribution in [0.3, 0.4) is 0 Å². The van der Waals surface area contributed by atoms with Crippen LogP contribution in [0.4, 0.5) is 4.39 Å². The van der Waals surface area contributed by atoms with Crippen LogP contribution in [-0.4, -0.2) is 118 Å². The Morgan fingerprint density at radius 1 is 0.927 bits per heavy atom. The maximum Gasteiger partial charge on any atom is 0.329 e. The van der Waals surface area contributed by atoms with Crippen LogP contribution in [0.1, 0.15) is 91.0 Å². The fourth-order valence-electron chi connectivity index (χ4n) is 8.01. The van der Waals surface area contributed by atoms with Crippen LogP contribution in [0.2, 0.25) is 0 Å². The van der Waals surface area contributed by atoms with Crippen molar-refractivity contribution in [2.24, 2.45) is 5.92 Å². The SMILES string of the molecule is CCCC/C=C/C(=O)N[C@@H](Cc1cccc(F)c1)C(=O)N[C@@H]1C(=O)N2CCC[C@H]2C(=O)N2CCC(C)C[C@@H]2C(=O)N[C@@H](C)C(=O)N2CCC[C@H]2C(=O)O[C@H]1C. The van der Waals surface area contributed by atoms with Gasteiger partial charge in [0.05, 0.1) is 0 Å². The third-order valence-corrected chi connectivity index (χ3v) is 11.1. The summed E-state index contributed by atoms with van der Waals surface area (Å²) in [6.45, 7) is 7.74. The summed E-state index contributed by atoms with van der Waals surface area (Å²) in [5, 5.41) is 8.19. The van der Waals surface area contributed by atoms with Gasteiger partial charge in [0.2, 0.25) is 35.4 Å². The molecule has 3 N–H and O–H groups in total. The predicted molar refractivity (Wildman–Crippen MR) is 199 cm³/mol. The number of carbonyl (C=O) groups is 7. The summed E-state index contributed by atoms with van der Waals surface area (Å²) in [5.41, 5.74) is 0.416. The summed E-state index contributed by atoms with van der Waals surface area (Å²) in [6, 6.07) is -0.960. The molecule has 4 heterocycles. The number of hydrogen-bond acceptors (Lipinski definition) is 8. The highest BCUT2D eigenvalue weighted by atomic mass is 19.1. The van der Waals surface area contributed by atoms with Gasteiger partial charge in [-0.2, -0.15) is 0 Å². The van der Waals surface area contributed by atoms with Crippen LogP contribution >= 0.6 is 0 Å². The van der Waals surface area contributed by atoms with Gasteiger partial charge in [-0.25, -0.2) is 9.18 Å². The molecule has 4 fully saturated rings. The molecule has 55 heavy (non-hydrogen) atoms. The summed E-state index contributed by atoms with van der Waals surface area (Å²) in [4.78, 5) is 102.